The summed E-state index contributed by atoms with van der Waals surface area (Å²) in [7, 11) is -4.67. The first kappa shape index (κ1) is 31.2. The number of carbonyl (C=O) groups excluding carboxylic acids is 1. The highest BCUT2D eigenvalue weighted by Gasteiger charge is 2.50. The molecule has 1 aliphatic heterocycles. The molecule has 3 N–H and O–H groups in total. The van der Waals surface area contributed by atoms with Crippen molar-refractivity contribution in [1.29, 1.82) is 0 Å². The number of alkyl halides is 5. The van der Waals surface area contributed by atoms with Gasteiger partial charge in [0.1, 0.15) is 5.75 Å². The Bertz CT molecular complexity index is 1270. The van der Waals surface area contributed by atoms with Gasteiger partial charge in [-0.1, -0.05) is 31.4 Å². The van der Waals surface area contributed by atoms with Gasteiger partial charge in [-0.05, 0) is 68.0 Å². The number of hydrogen-bond donors (Lipinski definition) is 2. The molecule has 1 heterocycles. The van der Waals surface area contributed by atoms with Crippen molar-refractivity contribution in [3.05, 3.63) is 59.7 Å². The molecule has 1 aliphatic carbocycles. The van der Waals surface area contributed by atoms with E-state index < -0.39 is 45.2 Å². The van der Waals surface area contributed by atoms with E-state index >= 15 is 8.78 Å². The third-order valence-electron chi connectivity index (χ3n) is 7.68. The highest BCUT2D eigenvalue weighted by molar-refractivity contribution is 7.89. The maximum absolute atomic E-state index is 15.8. The van der Waals surface area contributed by atoms with Crippen molar-refractivity contribution in [3.8, 4) is 5.75 Å². The number of piperidine rings is 1. The molecule has 0 unspecified atom stereocenters. The van der Waals surface area contributed by atoms with Crippen LogP contribution in [0.1, 0.15) is 56.1 Å². The van der Waals surface area contributed by atoms with E-state index in [9.17, 15) is 26.4 Å². The summed E-state index contributed by atoms with van der Waals surface area (Å²) in [6, 6.07) is 4.37. The second-order valence-electron chi connectivity index (χ2n) is 10.7. The number of hydrogen-bond acceptors (Lipinski definition) is 5. The topological polar surface area (TPSA) is 102 Å². The summed E-state index contributed by atoms with van der Waals surface area (Å²) in [6.07, 6.45) is 1.49. The number of benzene rings is 2. The molecule has 0 aromatic heterocycles. The lowest BCUT2D eigenvalue weighted by Crippen LogP contribution is -2.58. The maximum atomic E-state index is 15.8. The summed E-state index contributed by atoms with van der Waals surface area (Å²) in [6.45, 7) is 0.558. The third kappa shape index (κ3) is 7.75. The Morgan fingerprint density at radius 3 is 2.02 bits per heavy atom. The number of nitrogens with one attached hydrogen (secondary N) is 1. The highest BCUT2D eigenvalue weighted by Crippen LogP contribution is 2.37. The summed E-state index contributed by atoms with van der Waals surface area (Å²) >= 11 is 0. The molecule has 13 heteroatoms. The Morgan fingerprint density at radius 2 is 1.46 bits per heavy atom. The number of halogens is 5. The van der Waals surface area contributed by atoms with Crippen LogP contribution in [0.3, 0.4) is 0 Å². The minimum Gasteiger partial charge on any atom is -0.493 e. The molecule has 2 aromatic carbocycles. The molecule has 2 aliphatic rings. The van der Waals surface area contributed by atoms with Crippen molar-refractivity contribution in [1.82, 2.24) is 9.62 Å². The predicted octanol–water partition coefficient (Wildman–Crippen LogP) is 5.05. The number of sulfonamides is 1. The monoisotopic (exact) mass is 603 g/mol. The standard InChI is InChI=1S/C28H34F5N3O4S/c29-27(30,20-6-8-21(9-7-20)28(31,32)33)25(26(37)36-16-14-22(34)15-17-36)35-41(38,39)24-12-10-23(11-13-24)40-18-19-4-2-1-3-5-19/h6-13,19,22,25,35H,1-5,14-18,34H2/t25-/m1/s1. The molecule has 226 valence electrons. The average Bonchev–Trinajstić information content (AvgIpc) is 2.95. The summed E-state index contributed by atoms with van der Waals surface area (Å²) in [4.78, 5) is 14.1. The van der Waals surface area contributed by atoms with Gasteiger partial charge in [-0.2, -0.15) is 26.7 Å². The SMILES string of the molecule is NC1CCN(C(=O)[C@@H](NS(=O)(=O)c2ccc(OCC3CCCCC3)cc2)C(F)(F)c2ccc(C(F)(F)F)cc2)CC1. The van der Waals surface area contributed by atoms with Crippen LogP contribution >= 0.6 is 0 Å². The van der Waals surface area contributed by atoms with Crippen LogP contribution in [0.2, 0.25) is 0 Å². The minimum atomic E-state index is -4.76. The van der Waals surface area contributed by atoms with Gasteiger partial charge < -0.3 is 15.4 Å². The van der Waals surface area contributed by atoms with E-state index in [1.165, 1.54) is 30.7 Å². The molecule has 1 amide bonds. The first-order valence-corrected chi connectivity index (χ1v) is 15.1. The van der Waals surface area contributed by atoms with Gasteiger partial charge in [-0.3, -0.25) is 4.79 Å². The van der Waals surface area contributed by atoms with E-state index in [-0.39, 0.29) is 24.0 Å². The van der Waals surface area contributed by atoms with Crippen LogP contribution in [0.5, 0.6) is 5.75 Å². The fraction of sp³-hybridized carbons (Fsp3) is 0.536. The van der Waals surface area contributed by atoms with E-state index in [2.05, 4.69) is 0 Å². The maximum Gasteiger partial charge on any atom is 0.416 e. The van der Waals surface area contributed by atoms with Gasteiger partial charge in [0.25, 0.3) is 5.92 Å². The van der Waals surface area contributed by atoms with Crippen LogP contribution in [0, 0.1) is 5.92 Å². The van der Waals surface area contributed by atoms with Crippen LogP contribution < -0.4 is 15.2 Å². The Balaban J connectivity index is 1.56. The van der Waals surface area contributed by atoms with Crippen molar-refractivity contribution in [3.63, 3.8) is 0 Å². The number of ether oxygens (including phenoxy) is 1. The zero-order valence-corrected chi connectivity index (χ0v) is 23.2. The smallest absolute Gasteiger partial charge is 0.416 e. The second kappa shape index (κ2) is 12.6. The summed E-state index contributed by atoms with van der Waals surface area (Å²) < 4.78 is 105. The molecule has 2 fully saturated rings. The van der Waals surface area contributed by atoms with Crippen LogP contribution in [0.25, 0.3) is 0 Å². The number of carbonyl (C=O) groups is 1. The number of nitrogens with two attached hydrogens (primary N) is 1. The van der Waals surface area contributed by atoms with E-state index in [1.54, 1.807) is 0 Å². The van der Waals surface area contributed by atoms with E-state index in [4.69, 9.17) is 10.5 Å². The molecule has 7 nitrogen and oxygen atoms in total. The van der Waals surface area contributed by atoms with Gasteiger partial charge in [-0.15, -0.1) is 0 Å². The van der Waals surface area contributed by atoms with E-state index in [0.717, 1.165) is 30.6 Å². The van der Waals surface area contributed by atoms with Gasteiger partial charge in [0, 0.05) is 24.7 Å². The van der Waals surface area contributed by atoms with Crippen LogP contribution in [-0.4, -0.2) is 51.0 Å². The first-order chi connectivity index (χ1) is 19.3. The normalized spacial score (nSPS) is 18.7. The third-order valence-corrected chi connectivity index (χ3v) is 9.11. The van der Waals surface area contributed by atoms with Crippen molar-refractivity contribution in [2.45, 2.75) is 74.0 Å². The molecule has 1 atom stereocenters. The number of likely N-dealkylation sites (tertiary alicyclic amines) is 1. The molecule has 41 heavy (non-hydrogen) atoms. The van der Waals surface area contributed by atoms with Crippen molar-refractivity contribution >= 4 is 15.9 Å². The Hall–Kier alpha value is -2.77. The fourth-order valence-electron chi connectivity index (χ4n) is 5.14. The molecule has 1 saturated carbocycles. The molecule has 1 saturated heterocycles. The molecular weight excluding hydrogens is 569 g/mol. The quantitative estimate of drug-likeness (QED) is 0.391. The lowest BCUT2D eigenvalue weighted by atomic mass is 9.90. The van der Waals surface area contributed by atoms with E-state index in [0.29, 0.717) is 55.4 Å². The zero-order chi connectivity index (χ0) is 29.8. The molecule has 2 aromatic rings. The highest BCUT2D eigenvalue weighted by atomic mass is 32.2. The number of rotatable bonds is 9. The molecule has 4 rings (SSSR count). The molecule has 0 radical (unpaired) electrons. The van der Waals surface area contributed by atoms with Crippen molar-refractivity contribution in [2.75, 3.05) is 19.7 Å². The fourth-order valence-corrected chi connectivity index (χ4v) is 6.33. The lowest BCUT2D eigenvalue weighted by molar-refractivity contribution is -0.145. The summed E-state index contributed by atoms with van der Waals surface area (Å²) in [5, 5.41) is 0. The second-order valence-corrected chi connectivity index (χ2v) is 12.4. The molecular formula is C28H34F5N3O4S. The number of amides is 1. The van der Waals surface area contributed by atoms with Gasteiger partial charge in [0.05, 0.1) is 17.1 Å². The molecule has 0 spiro atoms. The van der Waals surface area contributed by atoms with Crippen LogP contribution in [-0.2, 0) is 26.9 Å². The van der Waals surface area contributed by atoms with E-state index in [1.807, 2.05) is 4.72 Å². The summed E-state index contributed by atoms with van der Waals surface area (Å²) in [5.41, 5.74) is 3.76. The van der Waals surface area contributed by atoms with Gasteiger partial charge in [0.15, 0.2) is 6.04 Å². The minimum absolute atomic E-state index is 0.0361. The average molecular weight is 604 g/mol. The number of nitrogens with zero attached hydrogens (tertiary/aromatic N) is 1. The summed E-state index contributed by atoms with van der Waals surface area (Å²) in [5.74, 6) is -4.55. The van der Waals surface area contributed by atoms with Gasteiger partial charge >= 0.3 is 6.18 Å². The Morgan fingerprint density at radius 1 is 0.902 bits per heavy atom. The molecule has 0 bridgehead atoms. The van der Waals surface area contributed by atoms with Crippen molar-refractivity contribution in [2.24, 2.45) is 11.7 Å². The lowest BCUT2D eigenvalue weighted by Gasteiger charge is -2.35. The van der Waals surface area contributed by atoms with Gasteiger partial charge in [0.2, 0.25) is 15.9 Å². The Kier molecular flexibility index (Phi) is 9.59. The Labute approximate surface area is 236 Å². The van der Waals surface area contributed by atoms with Crippen LogP contribution in [0.15, 0.2) is 53.4 Å². The van der Waals surface area contributed by atoms with Gasteiger partial charge in [-0.25, -0.2) is 8.42 Å². The zero-order valence-electron chi connectivity index (χ0n) is 22.4. The largest absolute Gasteiger partial charge is 0.493 e. The predicted molar refractivity (Wildman–Crippen MR) is 142 cm³/mol. The van der Waals surface area contributed by atoms with Crippen molar-refractivity contribution < 1.29 is 39.9 Å². The first-order valence-electron chi connectivity index (χ1n) is 13.6. The van der Waals surface area contributed by atoms with Crippen LogP contribution in [0.4, 0.5) is 22.0 Å².